The van der Waals surface area contributed by atoms with Gasteiger partial charge in [0.05, 0.1) is 5.69 Å². The number of carbonyl (C=O) groups is 1. The number of benzene rings is 1. The van der Waals surface area contributed by atoms with Gasteiger partial charge in [0.1, 0.15) is 0 Å². The van der Waals surface area contributed by atoms with Gasteiger partial charge < -0.3 is 4.90 Å². The van der Waals surface area contributed by atoms with Gasteiger partial charge in [0.2, 0.25) is 0 Å². The van der Waals surface area contributed by atoms with Crippen molar-refractivity contribution in [3.05, 3.63) is 42.1 Å². The molecule has 1 atom stereocenters. The molecule has 3 rings (SSSR count). The van der Waals surface area contributed by atoms with Crippen LogP contribution in [0.25, 0.3) is 5.69 Å². The smallest absolute Gasteiger partial charge is 0.323 e. The van der Waals surface area contributed by atoms with E-state index >= 15 is 0 Å². The van der Waals surface area contributed by atoms with Crippen LogP contribution in [0.15, 0.2) is 36.5 Å². The molecule has 0 spiro atoms. The lowest BCUT2D eigenvalue weighted by atomic mass is 10.0. The standard InChI is InChI=1S/C17H22N4O/c1-13-7-6-10-20(11-13)17(22)18-16-14(2)12-21(19-16)15-8-4-3-5-9-15/h3-5,8-9,12-13H,6-7,10-11H2,1-2H3,(H,18,19,22). The van der Waals surface area contributed by atoms with E-state index in [1.807, 2.05) is 48.4 Å². The van der Waals surface area contributed by atoms with Crippen molar-refractivity contribution >= 4 is 11.8 Å². The summed E-state index contributed by atoms with van der Waals surface area (Å²) in [5.74, 6) is 1.20. The number of hydrogen-bond donors (Lipinski definition) is 1. The third-order valence-corrected chi connectivity index (χ3v) is 4.09. The van der Waals surface area contributed by atoms with E-state index in [1.165, 1.54) is 6.42 Å². The molecule has 1 fully saturated rings. The molecule has 2 amide bonds. The number of likely N-dealkylation sites (tertiary alicyclic amines) is 1. The molecule has 1 aromatic carbocycles. The highest BCUT2D eigenvalue weighted by atomic mass is 16.2. The predicted octanol–water partition coefficient (Wildman–Crippen LogP) is 3.44. The van der Waals surface area contributed by atoms with Gasteiger partial charge in [-0.3, -0.25) is 5.32 Å². The van der Waals surface area contributed by atoms with Gasteiger partial charge in [0.25, 0.3) is 0 Å². The SMILES string of the molecule is Cc1cn(-c2ccccc2)nc1NC(=O)N1CCCC(C)C1. The van der Waals surface area contributed by atoms with Crippen molar-refractivity contribution in [1.29, 1.82) is 0 Å². The second-order valence-electron chi connectivity index (χ2n) is 6.06. The lowest BCUT2D eigenvalue weighted by Crippen LogP contribution is -2.41. The molecule has 1 saturated heterocycles. The van der Waals surface area contributed by atoms with Crippen LogP contribution in [0.4, 0.5) is 10.6 Å². The number of hydrogen-bond acceptors (Lipinski definition) is 2. The molecule has 1 unspecified atom stereocenters. The minimum absolute atomic E-state index is 0.0482. The number of aryl methyl sites for hydroxylation is 1. The summed E-state index contributed by atoms with van der Waals surface area (Å²) in [5.41, 5.74) is 1.94. The first kappa shape index (κ1) is 14.6. The van der Waals surface area contributed by atoms with Crippen molar-refractivity contribution in [2.45, 2.75) is 26.7 Å². The molecule has 5 heteroatoms. The average molecular weight is 298 g/mol. The zero-order valence-electron chi connectivity index (χ0n) is 13.1. The first-order chi connectivity index (χ1) is 10.6. The molecule has 5 nitrogen and oxygen atoms in total. The van der Waals surface area contributed by atoms with Gasteiger partial charge in [-0.15, -0.1) is 5.10 Å². The molecule has 1 aliphatic rings. The number of piperidine rings is 1. The van der Waals surface area contributed by atoms with Crippen LogP contribution in [0.3, 0.4) is 0 Å². The Hall–Kier alpha value is -2.30. The fraction of sp³-hybridized carbons (Fsp3) is 0.412. The molecular formula is C17H22N4O. The zero-order chi connectivity index (χ0) is 15.5. The van der Waals surface area contributed by atoms with Crippen molar-refractivity contribution in [3.8, 4) is 5.69 Å². The van der Waals surface area contributed by atoms with E-state index in [-0.39, 0.29) is 6.03 Å². The Balaban J connectivity index is 1.73. The molecule has 116 valence electrons. The van der Waals surface area contributed by atoms with E-state index in [0.29, 0.717) is 11.7 Å². The van der Waals surface area contributed by atoms with Crippen LogP contribution in [-0.2, 0) is 0 Å². The number of amides is 2. The number of rotatable bonds is 2. The van der Waals surface area contributed by atoms with Gasteiger partial charge in [0, 0.05) is 24.8 Å². The van der Waals surface area contributed by atoms with Gasteiger partial charge in [-0.1, -0.05) is 25.1 Å². The Morgan fingerprint density at radius 2 is 2.09 bits per heavy atom. The van der Waals surface area contributed by atoms with Gasteiger partial charge in [-0.05, 0) is 37.8 Å². The summed E-state index contributed by atoms with van der Waals surface area (Å²) in [4.78, 5) is 14.3. The fourth-order valence-corrected chi connectivity index (χ4v) is 2.85. The highest BCUT2D eigenvalue weighted by Crippen LogP contribution is 2.19. The maximum Gasteiger partial charge on any atom is 0.323 e. The van der Waals surface area contributed by atoms with Crippen LogP contribution >= 0.6 is 0 Å². The summed E-state index contributed by atoms with van der Waals surface area (Å²) < 4.78 is 1.80. The quantitative estimate of drug-likeness (QED) is 0.923. The van der Waals surface area contributed by atoms with E-state index in [2.05, 4.69) is 17.3 Å². The Labute approximate surface area is 130 Å². The Morgan fingerprint density at radius 1 is 1.32 bits per heavy atom. The molecule has 0 aliphatic carbocycles. The van der Waals surface area contributed by atoms with Crippen LogP contribution in [-0.4, -0.2) is 33.8 Å². The number of urea groups is 1. The Kier molecular flexibility index (Phi) is 4.13. The second kappa shape index (κ2) is 6.22. The van der Waals surface area contributed by atoms with Crippen molar-refractivity contribution in [1.82, 2.24) is 14.7 Å². The van der Waals surface area contributed by atoms with E-state index in [1.54, 1.807) is 4.68 Å². The summed E-state index contributed by atoms with van der Waals surface area (Å²) in [7, 11) is 0. The largest absolute Gasteiger partial charge is 0.324 e. The molecule has 22 heavy (non-hydrogen) atoms. The third-order valence-electron chi connectivity index (χ3n) is 4.09. The molecular weight excluding hydrogens is 276 g/mol. The molecule has 0 bridgehead atoms. The lowest BCUT2D eigenvalue weighted by Gasteiger charge is -2.30. The number of para-hydroxylation sites is 1. The van der Waals surface area contributed by atoms with Crippen molar-refractivity contribution in [2.75, 3.05) is 18.4 Å². The number of nitrogens with zero attached hydrogens (tertiary/aromatic N) is 3. The van der Waals surface area contributed by atoms with Crippen molar-refractivity contribution in [2.24, 2.45) is 5.92 Å². The van der Waals surface area contributed by atoms with Crippen LogP contribution in [0.1, 0.15) is 25.3 Å². The molecule has 0 saturated carbocycles. The van der Waals surface area contributed by atoms with E-state index < -0.39 is 0 Å². The topological polar surface area (TPSA) is 50.2 Å². The number of anilines is 1. The first-order valence-corrected chi connectivity index (χ1v) is 7.81. The van der Waals surface area contributed by atoms with Crippen molar-refractivity contribution in [3.63, 3.8) is 0 Å². The summed E-state index contributed by atoms with van der Waals surface area (Å²) in [6.45, 7) is 5.80. The molecule has 2 aromatic rings. The van der Waals surface area contributed by atoms with Crippen molar-refractivity contribution < 1.29 is 4.79 Å². The van der Waals surface area contributed by atoms with Crippen LogP contribution < -0.4 is 5.32 Å². The van der Waals surface area contributed by atoms with E-state index in [9.17, 15) is 4.79 Å². The summed E-state index contributed by atoms with van der Waals surface area (Å²) in [5, 5.41) is 7.44. The molecule has 2 heterocycles. The Bertz CT molecular complexity index is 650. The monoisotopic (exact) mass is 298 g/mol. The predicted molar refractivity (Wildman–Crippen MR) is 87.3 cm³/mol. The average Bonchev–Trinajstić information content (AvgIpc) is 2.89. The maximum atomic E-state index is 12.4. The van der Waals surface area contributed by atoms with E-state index in [4.69, 9.17) is 0 Å². The van der Waals surface area contributed by atoms with Crippen LogP contribution in [0.2, 0.25) is 0 Å². The molecule has 0 radical (unpaired) electrons. The normalized spacial score (nSPS) is 18.3. The van der Waals surface area contributed by atoms with E-state index in [0.717, 1.165) is 30.8 Å². The van der Waals surface area contributed by atoms with Gasteiger partial charge in [0.15, 0.2) is 5.82 Å². The highest BCUT2D eigenvalue weighted by Gasteiger charge is 2.22. The summed E-state index contributed by atoms with van der Waals surface area (Å²) >= 11 is 0. The lowest BCUT2D eigenvalue weighted by molar-refractivity contribution is 0.182. The number of nitrogens with one attached hydrogen (secondary N) is 1. The minimum Gasteiger partial charge on any atom is -0.324 e. The minimum atomic E-state index is -0.0482. The molecule has 1 aromatic heterocycles. The highest BCUT2D eigenvalue weighted by molar-refractivity contribution is 5.89. The first-order valence-electron chi connectivity index (χ1n) is 7.81. The Morgan fingerprint density at radius 3 is 2.82 bits per heavy atom. The summed E-state index contributed by atoms with van der Waals surface area (Å²) in [6.07, 6.45) is 4.21. The number of carbonyl (C=O) groups excluding carboxylic acids is 1. The van der Waals surface area contributed by atoms with Gasteiger partial charge in [-0.25, -0.2) is 9.48 Å². The summed E-state index contributed by atoms with van der Waals surface area (Å²) in [6, 6.07) is 9.85. The fourth-order valence-electron chi connectivity index (χ4n) is 2.85. The molecule has 1 aliphatic heterocycles. The van der Waals surface area contributed by atoms with Gasteiger partial charge >= 0.3 is 6.03 Å². The van der Waals surface area contributed by atoms with Crippen LogP contribution in [0.5, 0.6) is 0 Å². The molecule has 1 N–H and O–H groups in total. The van der Waals surface area contributed by atoms with Crippen LogP contribution in [0, 0.1) is 12.8 Å². The maximum absolute atomic E-state index is 12.4. The third kappa shape index (κ3) is 3.13. The van der Waals surface area contributed by atoms with Gasteiger partial charge in [-0.2, -0.15) is 0 Å². The second-order valence-corrected chi connectivity index (χ2v) is 6.06. The zero-order valence-corrected chi connectivity index (χ0v) is 13.1. The number of aromatic nitrogens is 2.